The summed E-state index contributed by atoms with van der Waals surface area (Å²) in [5.41, 5.74) is 3.33. The van der Waals surface area contributed by atoms with Crippen molar-refractivity contribution in [3.63, 3.8) is 0 Å². The van der Waals surface area contributed by atoms with Gasteiger partial charge in [-0.3, -0.25) is 4.79 Å². The van der Waals surface area contributed by atoms with Crippen LogP contribution in [-0.2, 0) is 17.8 Å². The molecule has 32 heavy (non-hydrogen) atoms. The number of halogens is 1. The van der Waals surface area contributed by atoms with Gasteiger partial charge in [0.25, 0.3) is 0 Å². The van der Waals surface area contributed by atoms with Crippen molar-refractivity contribution in [1.29, 1.82) is 0 Å². The smallest absolute Gasteiger partial charge is 0.226 e. The van der Waals surface area contributed by atoms with Crippen LogP contribution in [0.25, 0.3) is 5.69 Å². The Hall–Kier alpha value is -3.93. The quantitative estimate of drug-likeness (QED) is 0.410. The van der Waals surface area contributed by atoms with Gasteiger partial charge in [0.15, 0.2) is 0 Å². The Morgan fingerprint density at radius 2 is 1.62 bits per heavy atom. The molecule has 0 aliphatic heterocycles. The molecule has 0 atom stereocenters. The molecule has 3 aromatic carbocycles. The predicted octanol–water partition coefficient (Wildman–Crippen LogP) is 5.36. The number of carbonyl (C=O) groups is 1. The zero-order valence-corrected chi connectivity index (χ0v) is 17.8. The number of aryl methyl sites for hydroxylation is 1. The van der Waals surface area contributed by atoms with Gasteiger partial charge in [-0.05, 0) is 55.3 Å². The van der Waals surface area contributed by atoms with Gasteiger partial charge in [0.2, 0.25) is 11.8 Å². The molecule has 0 spiro atoms. The molecule has 1 aromatic heterocycles. The van der Waals surface area contributed by atoms with E-state index in [9.17, 15) is 9.18 Å². The molecule has 5 nitrogen and oxygen atoms in total. The van der Waals surface area contributed by atoms with Crippen molar-refractivity contribution in [3.8, 4) is 17.3 Å². The summed E-state index contributed by atoms with van der Waals surface area (Å²) in [6, 6.07) is 25.2. The third-order valence-electron chi connectivity index (χ3n) is 5.10. The largest absolute Gasteiger partial charge is 0.439 e. The lowest BCUT2D eigenvalue weighted by molar-refractivity contribution is -0.121. The van der Waals surface area contributed by atoms with Crippen LogP contribution in [0.15, 0.2) is 84.9 Å². The maximum Gasteiger partial charge on any atom is 0.226 e. The van der Waals surface area contributed by atoms with Crippen LogP contribution in [0.1, 0.15) is 23.2 Å². The van der Waals surface area contributed by atoms with Crippen molar-refractivity contribution in [2.75, 3.05) is 0 Å². The van der Waals surface area contributed by atoms with Crippen LogP contribution < -0.4 is 10.1 Å². The van der Waals surface area contributed by atoms with E-state index >= 15 is 0 Å². The number of ether oxygens (including phenoxy) is 1. The molecule has 1 amide bonds. The molecule has 0 bridgehead atoms. The third-order valence-corrected chi connectivity index (χ3v) is 5.10. The van der Waals surface area contributed by atoms with Crippen molar-refractivity contribution >= 4 is 5.91 Å². The Kier molecular flexibility index (Phi) is 6.60. The lowest BCUT2D eigenvalue weighted by Gasteiger charge is -2.12. The molecule has 4 aromatic rings. The van der Waals surface area contributed by atoms with E-state index in [1.165, 1.54) is 12.1 Å². The zero-order chi connectivity index (χ0) is 22.3. The van der Waals surface area contributed by atoms with Gasteiger partial charge in [0.1, 0.15) is 11.6 Å². The van der Waals surface area contributed by atoms with Crippen molar-refractivity contribution in [2.45, 2.75) is 26.3 Å². The molecule has 162 valence electrons. The summed E-state index contributed by atoms with van der Waals surface area (Å²) in [7, 11) is 0. The topological polar surface area (TPSA) is 56.2 Å². The van der Waals surface area contributed by atoms with Crippen LogP contribution in [0, 0.1) is 12.7 Å². The molecule has 1 heterocycles. The van der Waals surface area contributed by atoms with E-state index in [-0.39, 0.29) is 11.7 Å². The first-order valence-electron chi connectivity index (χ1n) is 10.5. The maximum atomic E-state index is 13.4. The molecule has 0 aliphatic rings. The molecule has 0 radical (unpaired) electrons. The number of benzene rings is 3. The highest BCUT2D eigenvalue weighted by Crippen LogP contribution is 2.31. The van der Waals surface area contributed by atoms with Crippen LogP contribution in [0.5, 0.6) is 11.6 Å². The van der Waals surface area contributed by atoms with Gasteiger partial charge in [-0.25, -0.2) is 9.07 Å². The molecule has 0 saturated heterocycles. The van der Waals surface area contributed by atoms with Gasteiger partial charge in [-0.2, -0.15) is 5.10 Å². The molecule has 0 unspecified atom stereocenters. The van der Waals surface area contributed by atoms with Gasteiger partial charge < -0.3 is 10.1 Å². The number of para-hydroxylation sites is 1. The molecule has 0 fully saturated rings. The van der Waals surface area contributed by atoms with E-state index < -0.39 is 0 Å². The summed E-state index contributed by atoms with van der Waals surface area (Å²) in [5, 5.41) is 7.57. The van der Waals surface area contributed by atoms with Gasteiger partial charge in [0.05, 0.1) is 11.4 Å². The number of hydrogen-bond acceptors (Lipinski definition) is 3. The first kappa shape index (κ1) is 21.3. The van der Waals surface area contributed by atoms with Gasteiger partial charge >= 0.3 is 0 Å². The second kappa shape index (κ2) is 9.92. The summed E-state index contributed by atoms with van der Waals surface area (Å²) < 4.78 is 21.3. The predicted molar refractivity (Wildman–Crippen MR) is 121 cm³/mol. The number of aromatic nitrogens is 2. The molecule has 4 rings (SSSR count). The Labute approximate surface area is 186 Å². The Bertz CT molecular complexity index is 1170. The third kappa shape index (κ3) is 5.21. The minimum atomic E-state index is -0.321. The van der Waals surface area contributed by atoms with Crippen molar-refractivity contribution < 1.29 is 13.9 Å². The van der Waals surface area contributed by atoms with Crippen LogP contribution in [0.4, 0.5) is 4.39 Å². The Morgan fingerprint density at radius 3 is 2.31 bits per heavy atom. The van der Waals surface area contributed by atoms with E-state index in [1.54, 1.807) is 16.8 Å². The summed E-state index contributed by atoms with van der Waals surface area (Å²) >= 11 is 0. The van der Waals surface area contributed by atoms with Gasteiger partial charge in [0, 0.05) is 18.5 Å². The lowest BCUT2D eigenvalue weighted by atomic mass is 10.1. The number of hydrogen-bond donors (Lipinski definition) is 1. The van der Waals surface area contributed by atoms with E-state index in [2.05, 4.69) is 10.4 Å². The standard InChI is InChI=1S/C26H24FN3O2/c1-19-24(16-17-25(31)28-18-20-8-4-2-5-9-20)26(32-23-10-6-3-7-11-23)30(29-19)22-14-12-21(27)13-15-22/h2-15H,16-18H2,1H3,(H,28,31). The van der Waals surface area contributed by atoms with Crippen molar-refractivity contribution in [2.24, 2.45) is 0 Å². The Balaban J connectivity index is 1.55. The number of nitrogens with zero attached hydrogens (tertiary/aromatic N) is 2. The fraction of sp³-hybridized carbons (Fsp3) is 0.154. The molecular formula is C26H24FN3O2. The normalized spacial score (nSPS) is 10.7. The van der Waals surface area contributed by atoms with E-state index in [4.69, 9.17) is 4.74 Å². The lowest BCUT2D eigenvalue weighted by Crippen LogP contribution is -2.23. The SMILES string of the molecule is Cc1nn(-c2ccc(F)cc2)c(Oc2ccccc2)c1CCC(=O)NCc1ccccc1. The average Bonchev–Trinajstić information content (AvgIpc) is 3.13. The van der Waals surface area contributed by atoms with Crippen molar-refractivity contribution in [3.05, 3.63) is 108 Å². The highest BCUT2D eigenvalue weighted by molar-refractivity contribution is 5.76. The van der Waals surface area contributed by atoms with Crippen molar-refractivity contribution in [1.82, 2.24) is 15.1 Å². The van der Waals surface area contributed by atoms with E-state index in [0.29, 0.717) is 36.7 Å². The fourth-order valence-electron chi connectivity index (χ4n) is 3.41. The second-order valence-corrected chi connectivity index (χ2v) is 7.43. The zero-order valence-electron chi connectivity index (χ0n) is 17.8. The first-order chi connectivity index (χ1) is 15.6. The molecule has 1 N–H and O–H groups in total. The molecule has 0 saturated carbocycles. The molecule has 6 heteroatoms. The average molecular weight is 429 g/mol. The minimum Gasteiger partial charge on any atom is -0.439 e. The van der Waals surface area contributed by atoms with E-state index in [1.807, 2.05) is 67.6 Å². The number of carbonyl (C=O) groups excluding carboxylic acids is 1. The summed E-state index contributed by atoms with van der Waals surface area (Å²) in [6.07, 6.45) is 0.768. The minimum absolute atomic E-state index is 0.0477. The highest BCUT2D eigenvalue weighted by Gasteiger charge is 2.20. The fourth-order valence-corrected chi connectivity index (χ4v) is 3.41. The molecule has 0 aliphatic carbocycles. The Morgan fingerprint density at radius 1 is 0.969 bits per heavy atom. The highest BCUT2D eigenvalue weighted by atomic mass is 19.1. The monoisotopic (exact) mass is 429 g/mol. The number of amides is 1. The van der Waals surface area contributed by atoms with Crippen LogP contribution in [0.2, 0.25) is 0 Å². The number of nitrogens with one attached hydrogen (secondary N) is 1. The van der Waals surface area contributed by atoms with Gasteiger partial charge in [-0.1, -0.05) is 48.5 Å². The summed E-state index contributed by atoms with van der Waals surface area (Å²) in [4.78, 5) is 12.5. The second-order valence-electron chi connectivity index (χ2n) is 7.43. The van der Waals surface area contributed by atoms with Crippen LogP contribution >= 0.6 is 0 Å². The van der Waals surface area contributed by atoms with Crippen LogP contribution in [0.3, 0.4) is 0 Å². The first-order valence-corrected chi connectivity index (χ1v) is 10.5. The van der Waals surface area contributed by atoms with E-state index in [0.717, 1.165) is 16.8 Å². The van der Waals surface area contributed by atoms with Crippen LogP contribution in [-0.4, -0.2) is 15.7 Å². The summed E-state index contributed by atoms with van der Waals surface area (Å²) in [5.74, 6) is 0.814. The molecular weight excluding hydrogens is 405 g/mol. The maximum absolute atomic E-state index is 13.4. The summed E-state index contributed by atoms with van der Waals surface area (Å²) in [6.45, 7) is 2.37. The number of rotatable bonds is 8. The van der Waals surface area contributed by atoms with Gasteiger partial charge in [-0.15, -0.1) is 0 Å².